The first kappa shape index (κ1) is 13.5. The van der Waals surface area contributed by atoms with Gasteiger partial charge in [0.15, 0.2) is 0 Å². The van der Waals surface area contributed by atoms with Gasteiger partial charge in [0.05, 0.1) is 7.11 Å². The van der Waals surface area contributed by atoms with Crippen molar-refractivity contribution < 1.29 is 19.0 Å². The second-order valence-corrected chi connectivity index (χ2v) is 3.57. The third-order valence-electron chi connectivity index (χ3n) is 2.31. The van der Waals surface area contributed by atoms with E-state index in [1.165, 1.54) is 0 Å². The van der Waals surface area contributed by atoms with E-state index in [-0.39, 0.29) is 12.6 Å². The Morgan fingerprint density at radius 1 is 1.24 bits per heavy atom. The van der Waals surface area contributed by atoms with Gasteiger partial charge in [-0.3, -0.25) is 4.79 Å². The van der Waals surface area contributed by atoms with Crippen LogP contribution in [0.15, 0.2) is 24.3 Å². The van der Waals surface area contributed by atoms with Crippen LogP contribution in [-0.4, -0.2) is 26.8 Å². The predicted molar refractivity (Wildman–Crippen MR) is 63.9 cm³/mol. The Bertz CT molecular complexity index is 349. The summed E-state index contributed by atoms with van der Waals surface area (Å²) in [6.07, 6.45) is 1.06. The number of hydrogen-bond acceptors (Lipinski definition) is 4. The zero-order valence-corrected chi connectivity index (χ0v) is 10.3. The summed E-state index contributed by atoms with van der Waals surface area (Å²) in [5, 5.41) is 0. The molecular formula is C13H18O4. The number of hydrogen-bond donors (Lipinski definition) is 0. The normalized spacial score (nSPS) is 10.0. The fourth-order valence-electron chi connectivity index (χ4n) is 1.41. The maximum atomic E-state index is 11.4. The molecule has 4 nitrogen and oxygen atoms in total. The number of esters is 1. The number of carbonyl (C=O) groups is 1. The van der Waals surface area contributed by atoms with Crippen molar-refractivity contribution in [1.29, 1.82) is 0 Å². The molecule has 1 rings (SSSR count). The van der Waals surface area contributed by atoms with Crippen LogP contribution in [0.3, 0.4) is 0 Å². The van der Waals surface area contributed by atoms with Crippen molar-refractivity contribution in [2.75, 3.05) is 20.8 Å². The third-order valence-corrected chi connectivity index (χ3v) is 2.31. The smallest absolute Gasteiger partial charge is 0.306 e. The molecule has 1 aromatic carbocycles. The van der Waals surface area contributed by atoms with Crippen molar-refractivity contribution in [2.24, 2.45) is 0 Å². The summed E-state index contributed by atoms with van der Waals surface area (Å²) < 4.78 is 15.2. The lowest BCUT2D eigenvalue weighted by Gasteiger charge is -2.08. The van der Waals surface area contributed by atoms with E-state index in [1.807, 2.05) is 24.3 Å². The second-order valence-electron chi connectivity index (χ2n) is 3.57. The van der Waals surface area contributed by atoms with Gasteiger partial charge in [-0.2, -0.15) is 0 Å². The molecule has 0 unspecified atom stereocenters. The molecule has 0 atom stereocenters. The van der Waals surface area contributed by atoms with E-state index in [4.69, 9.17) is 14.2 Å². The summed E-state index contributed by atoms with van der Waals surface area (Å²) in [4.78, 5) is 11.4. The Kier molecular flexibility index (Phi) is 6.10. The molecule has 0 aliphatic rings. The first-order valence-electron chi connectivity index (χ1n) is 5.54. The van der Waals surface area contributed by atoms with Gasteiger partial charge in [0, 0.05) is 25.7 Å². The summed E-state index contributed by atoms with van der Waals surface area (Å²) in [5.74, 6) is 0.519. The number of para-hydroxylation sites is 1. The Labute approximate surface area is 101 Å². The molecule has 0 radical (unpaired) electrons. The van der Waals surface area contributed by atoms with E-state index in [2.05, 4.69) is 0 Å². The fraction of sp³-hybridized carbons (Fsp3) is 0.462. The lowest BCUT2D eigenvalue weighted by molar-refractivity contribution is -0.145. The summed E-state index contributed by atoms with van der Waals surface area (Å²) in [7, 11) is 3.21. The number of rotatable bonds is 7. The largest absolute Gasteiger partial charge is 0.496 e. The number of carbonyl (C=O) groups excluding carboxylic acids is 1. The molecule has 0 saturated heterocycles. The van der Waals surface area contributed by atoms with Gasteiger partial charge in [-0.15, -0.1) is 0 Å². The van der Waals surface area contributed by atoms with E-state index in [0.29, 0.717) is 19.4 Å². The minimum atomic E-state index is -0.215. The second kappa shape index (κ2) is 7.68. The molecule has 17 heavy (non-hydrogen) atoms. The molecule has 0 aliphatic carbocycles. The highest BCUT2D eigenvalue weighted by Crippen LogP contribution is 2.18. The van der Waals surface area contributed by atoms with Crippen LogP contribution in [0.4, 0.5) is 0 Å². The lowest BCUT2D eigenvalue weighted by Crippen LogP contribution is -2.06. The first-order valence-corrected chi connectivity index (χ1v) is 5.54. The van der Waals surface area contributed by atoms with E-state index < -0.39 is 0 Å². The van der Waals surface area contributed by atoms with Gasteiger partial charge in [0.1, 0.15) is 12.4 Å². The fourth-order valence-corrected chi connectivity index (χ4v) is 1.41. The van der Waals surface area contributed by atoms with Crippen LogP contribution in [0.25, 0.3) is 0 Å². The third kappa shape index (κ3) is 4.87. The Balaban J connectivity index is 2.36. The van der Waals surface area contributed by atoms with Gasteiger partial charge in [0.2, 0.25) is 0 Å². The zero-order valence-electron chi connectivity index (χ0n) is 10.3. The van der Waals surface area contributed by atoms with Gasteiger partial charge < -0.3 is 14.2 Å². The highest BCUT2D eigenvalue weighted by molar-refractivity contribution is 5.69. The summed E-state index contributed by atoms with van der Waals surface area (Å²) in [5.41, 5.74) is 0.870. The maximum Gasteiger partial charge on any atom is 0.306 e. The van der Waals surface area contributed by atoms with E-state index in [9.17, 15) is 4.79 Å². The standard InChI is InChI=1S/C13H18O4/c1-15-9-5-8-13(14)17-10-11-6-3-4-7-12(11)16-2/h3-4,6-7H,5,8-10H2,1-2H3. The van der Waals surface area contributed by atoms with Gasteiger partial charge >= 0.3 is 5.97 Å². The van der Waals surface area contributed by atoms with Crippen molar-refractivity contribution in [3.63, 3.8) is 0 Å². The molecular weight excluding hydrogens is 220 g/mol. The molecule has 0 heterocycles. The molecule has 4 heteroatoms. The maximum absolute atomic E-state index is 11.4. The van der Waals surface area contributed by atoms with Crippen LogP contribution in [0, 0.1) is 0 Å². The van der Waals surface area contributed by atoms with Crippen LogP contribution in [0.2, 0.25) is 0 Å². The molecule has 0 spiro atoms. The Hall–Kier alpha value is -1.55. The monoisotopic (exact) mass is 238 g/mol. The molecule has 1 aromatic rings. The molecule has 0 bridgehead atoms. The average molecular weight is 238 g/mol. The van der Waals surface area contributed by atoms with Crippen LogP contribution in [0.5, 0.6) is 5.75 Å². The topological polar surface area (TPSA) is 44.8 Å². The predicted octanol–water partition coefficient (Wildman–Crippen LogP) is 2.17. The minimum Gasteiger partial charge on any atom is -0.496 e. The summed E-state index contributed by atoms with van der Waals surface area (Å²) >= 11 is 0. The summed E-state index contributed by atoms with van der Waals surface area (Å²) in [6.45, 7) is 0.819. The van der Waals surface area contributed by atoms with Gasteiger partial charge in [-0.25, -0.2) is 0 Å². The van der Waals surface area contributed by atoms with Crippen molar-refractivity contribution in [1.82, 2.24) is 0 Å². The van der Waals surface area contributed by atoms with Crippen LogP contribution in [-0.2, 0) is 20.9 Å². The minimum absolute atomic E-state index is 0.215. The Morgan fingerprint density at radius 2 is 2.00 bits per heavy atom. The number of ether oxygens (including phenoxy) is 3. The molecule has 94 valence electrons. The molecule has 0 N–H and O–H groups in total. The molecule has 0 aromatic heterocycles. The van der Waals surface area contributed by atoms with Crippen LogP contribution >= 0.6 is 0 Å². The number of benzene rings is 1. The van der Waals surface area contributed by atoms with Crippen molar-refractivity contribution >= 4 is 5.97 Å². The molecule has 0 amide bonds. The Morgan fingerprint density at radius 3 is 2.71 bits per heavy atom. The van der Waals surface area contributed by atoms with E-state index >= 15 is 0 Å². The quantitative estimate of drug-likeness (QED) is 0.539. The van der Waals surface area contributed by atoms with Crippen molar-refractivity contribution in [3.8, 4) is 5.75 Å². The van der Waals surface area contributed by atoms with E-state index in [0.717, 1.165) is 11.3 Å². The highest BCUT2D eigenvalue weighted by Gasteiger charge is 2.06. The SMILES string of the molecule is COCCCC(=O)OCc1ccccc1OC. The van der Waals surface area contributed by atoms with Crippen molar-refractivity contribution in [2.45, 2.75) is 19.4 Å². The van der Waals surface area contributed by atoms with Crippen LogP contribution < -0.4 is 4.74 Å². The first-order chi connectivity index (χ1) is 8.27. The molecule has 0 saturated carbocycles. The lowest BCUT2D eigenvalue weighted by atomic mass is 10.2. The van der Waals surface area contributed by atoms with Gasteiger partial charge in [-0.1, -0.05) is 18.2 Å². The summed E-state index contributed by atoms with van der Waals surface area (Å²) in [6, 6.07) is 7.48. The van der Waals surface area contributed by atoms with Crippen LogP contribution in [0.1, 0.15) is 18.4 Å². The van der Waals surface area contributed by atoms with Gasteiger partial charge in [-0.05, 0) is 12.5 Å². The van der Waals surface area contributed by atoms with E-state index in [1.54, 1.807) is 14.2 Å². The highest BCUT2D eigenvalue weighted by atomic mass is 16.5. The molecule has 0 aliphatic heterocycles. The van der Waals surface area contributed by atoms with Crippen molar-refractivity contribution in [3.05, 3.63) is 29.8 Å². The zero-order chi connectivity index (χ0) is 12.5. The van der Waals surface area contributed by atoms with Gasteiger partial charge in [0.25, 0.3) is 0 Å². The average Bonchev–Trinajstić information content (AvgIpc) is 2.37. The number of methoxy groups -OCH3 is 2. The molecule has 0 fully saturated rings.